The number of carbonyl (C=O) groups is 3. The Balaban J connectivity index is 3.88. The van der Waals surface area contributed by atoms with Gasteiger partial charge in [-0.2, -0.15) is 0 Å². The van der Waals surface area contributed by atoms with E-state index in [-0.39, 0.29) is 24.5 Å². The number of hydrogen-bond acceptors (Lipinski definition) is 5. The molecule has 0 aromatic carbocycles. The second kappa shape index (κ2) is 12.3. The zero-order chi connectivity index (χ0) is 19.3. The van der Waals surface area contributed by atoms with E-state index in [1.165, 1.54) is 0 Å². The molecule has 0 bridgehead atoms. The van der Waals surface area contributed by atoms with E-state index in [2.05, 4.69) is 38.0 Å². The van der Waals surface area contributed by atoms with E-state index < -0.39 is 12.1 Å². The first-order chi connectivity index (χ1) is 11.7. The summed E-state index contributed by atoms with van der Waals surface area (Å²) >= 11 is 0. The predicted molar refractivity (Wildman–Crippen MR) is 96.0 cm³/mol. The number of amides is 2. The number of ether oxygens (including phenoxy) is 2. The monoisotopic (exact) mass is 356 g/mol. The highest BCUT2D eigenvalue weighted by molar-refractivity contribution is 5.81. The van der Waals surface area contributed by atoms with Crippen LogP contribution in [-0.2, 0) is 19.1 Å². The Morgan fingerprint density at radius 3 is 2.40 bits per heavy atom. The minimum absolute atomic E-state index is 0.00294. The third-order valence-electron chi connectivity index (χ3n) is 3.67. The second-order valence-electron chi connectivity index (χ2n) is 6.82. The van der Waals surface area contributed by atoms with Gasteiger partial charge in [-0.15, -0.1) is 0 Å². The van der Waals surface area contributed by atoms with Crippen molar-refractivity contribution in [2.24, 2.45) is 11.3 Å². The lowest BCUT2D eigenvalue weighted by molar-refractivity contribution is -0.138. The van der Waals surface area contributed by atoms with Crippen LogP contribution < -0.4 is 10.6 Å². The Morgan fingerprint density at radius 2 is 1.80 bits per heavy atom. The second-order valence-corrected chi connectivity index (χ2v) is 6.82. The SMILES string of the molecule is C=CC(=O)OCCOC(=O)NCCC(C)(C)CC(C)CNC(=O)CC. The highest BCUT2D eigenvalue weighted by atomic mass is 16.6. The van der Waals surface area contributed by atoms with E-state index in [9.17, 15) is 14.4 Å². The number of rotatable bonds is 12. The number of nitrogens with one attached hydrogen (secondary N) is 2. The summed E-state index contributed by atoms with van der Waals surface area (Å²) in [4.78, 5) is 33.6. The Morgan fingerprint density at radius 1 is 1.16 bits per heavy atom. The molecule has 0 aliphatic carbocycles. The van der Waals surface area contributed by atoms with Crippen molar-refractivity contribution >= 4 is 18.0 Å². The molecule has 0 saturated heterocycles. The van der Waals surface area contributed by atoms with Crippen molar-refractivity contribution in [2.75, 3.05) is 26.3 Å². The molecule has 0 aliphatic heterocycles. The highest BCUT2D eigenvalue weighted by Gasteiger charge is 2.21. The highest BCUT2D eigenvalue weighted by Crippen LogP contribution is 2.28. The van der Waals surface area contributed by atoms with Gasteiger partial charge in [0.1, 0.15) is 13.2 Å². The molecule has 7 heteroatoms. The van der Waals surface area contributed by atoms with E-state index in [1.807, 2.05) is 6.92 Å². The van der Waals surface area contributed by atoms with Crippen molar-refractivity contribution in [1.29, 1.82) is 0 Å². The van der Waals surface area contributed by atoms with E-state index in [1.54, 1.807) is 0 Å². The fraction of sp³-hybridized carbons (Fsp3) is 0.722. The molecule has 0 spiro atoms. The number of hydrogen-bond donors (Lipinski definition) is 2. The van der Waals surface area contributed by atoms with Crippen molar-refractivity contribution in [3.8, 4) is 0 Å². The van der Waals surface area contributed by atoms with E-state index in [0.717, 1.165) is 18.9 Å². The van der Waals surface area contributed by atoms with Crippen LogP contribution in [0.2, 0.25) is 0 Å². The van der Waals surface area contributed by atoms with Gasteiger partial charge in [-0.3, -0.25) is 4.79 Å². The van der Waals surface area contributed by atoms with Crippen LogP contribution in [0.5, 0.6) is 0 Å². The van der Waals surface area contributed by atoms with Crippen molar-refractivity contribution in [1.82, 2.24) is 10.6 Å². The molecule has 0 saturated carbocycles. The molecule has 144 valence electrons. The van der Waals surface area contributed by atoms with Gasteiger partial charge >= 0.3 is 12.1 Å². The summed E-state index contributed by atoms with van der Waals surface area (Å²) in [6, 6.07) is 0. The lowest BCUT2D eigenvalue weighted by Gasteiger charge is -2.28. The molecule has 1 atom stereocenters. The summed E-state index contributed by atoms with van der Waals surface area (Å²) in [5.74, 6) is -0.125. The fourth-order valence-electron chi connectivity index (χ4n) is 2.42. The molecule has 7 nitrogen and oxygen atoms in total. The Bertz CT molecular complexity index is 449. The molecule has 0 aromatic heterocycles. The minimum atomic E-state index is -0.546. The van der Waals surface area contributed by atoms with E-state index in [0.29, 0.717) is 25.4 Å². The Hall–Kier alpha value is -2.05. The van der Waals surface area contributed by atoms with Crippen LogP contribution in [-0.4, -0.2) is 44.3 Å². The maximum absolute atomic E-state index is 11.5. The van der Waals surface area contributed by atoms with Crippen molar-refractivity contribution in [2.45, 2.75) is 47.0 Å². The number of carbonyl (C=O) groups excluding carboxylic acids is 3. The lowest BCUT2D eigenvalue weighted by Crippen LogP contribution is -2.32. The third kappa shape index (κ3) is 13.0. The average Bonchev–Trinajstić information content (AvgIpc) is 2.55. The zero-order valence-electron chi connectivity index (χ0n) is 15.9. The van der Waals surface area contributed by atoms with Crippen LogP contribution in [0.3, 0.4) is 0 Å². The summed E-state index contributed by atoms with van der Waals surface area (Å²) in [5, 5.41) is 5.58. The number of alkyl carbamates (subject to hydrolysis) is 1. The average molecular weight is 356 g/mol. The van der Waals surface area contributed by atoms with Crippen molar-refractivity contribution < 1.29 is 23.9 Å². The van der Waals surface area contributed by atoms with Crippen LogP contribution in [0.15, 0.2) is 12.7 Å². The summed E-state index contributed by atoms with van der Waals surface area (Å²) in [6.45, 7) is 12.6. The molecular weight excluding hydrogens is 324 g/mol. The molecule has 2 N–H and O–H groups in total. The van der Waals surface area contributed by atoms with Crippen LogP contribution in [0.25, 0.3) is 0 Å². The molecule has 25 heavy (non-hydrogen) atoms. The first kappa shape index (κ1) is 22.9. The van der Waals surface area contributed by atoms with Gasteiger partial charge in [0.25, 0.3) is 0 Å². The standard InChI is InChI=1S/C18H32N2O5/c1-6-15(21)20-13-14(3)12-18(4,5)8-9-19-17(23)25-11-10-24-16(22)7-2/h7,14H,2,6,8-13H2,1,3-5H3,(H,19,23)(H,20,21). The van der Waals surface area contributed by atoms with E-state index >= 15 is 0 Å². The maximum Gasteiger partial charge on any atom is 0.407 e. The van der Waals surface area contributed by atoms with Gasteiger partial charge < -0.3 is 20.1 Å². The molecule has 0 aliphatic rings. The van der Waals surface area contributed by atoms with Gasteiger partial charge in [0.05, 0.1) is 0 Å². The Kier molecular flexibility index (Phi) is 11.3. The zero-order valence-corrected chi connectivity index (χ0v) is 15.9. The summed E-state index contributed by atoms with van der Waals surface area (Å²) in [7, 11) is 0. The van der Waals surface area contributed by atoms with Crippen LogP contribution in [0, 0.1) is 11.3 Å². The quantitative estimate of drug-likeness (QED) is 0.318. The molecule has 0 fully saturated rings. The first-order valence-electron chi connectivity index (χ1n) is 8.66. The fourth-order valence-corrected chi connectivity index (χ4v) is 2.42. The van der Waals surface area contributed by atoms with Gasteiger partial charge in [-0.1, -0.05) is 34.3 Å². The molecule has 0 rings (SSSR count). The first-order valence-corrected chi connectivity index (χ1v) is 8.66. The van der Waals surface area contributed by atoms with Crippen molar-refractivity contribution in [3.05, 3.63) is 12.7 Å². The van der Waals surface area contributed by atoms with Crippen molar-refractivity contribution in [3.63, 3.8) is 0 Å². The third-order valence-corrected chi connectivity index (χ3v) is 3.67. The molecule has 0 aromatic rings. The Labute approximate surface area is 150 Å². The summed E-state index contributed by atoms with van der Waals surface area (Å²) in [5.41, 5.74) is 0.0309. The van der Waals surface area contributed by atoms with Gasteiger partial charge in [-0.05, 0) is 24.2 Å². The minimum Gasteiger partial charge on any atom is -0.459 e. The molecule has 1 unspecified atom stereocenters. The van der Waals surface area contributed by atoms with Crippen LogP contribution >= 0.6 is 0 Å². The van der Waals surface area contributed by atoms with Gasteiger partial charge in [0.2, 0.25) is 5.91 Å². The van der Waals surface area contributed by atoms with Crippen LogP contribution in [0.1, 0.15) is 47.0 Å². The van der Waals surface area contributed by atoms with E-state index in [4.69, 9.17) is 9.47 Å². The lowest BCUT2D eigenvalue weighted by atomic mass is 9.80. The van der Waals surface area contributed by atoms with Gasteiger partial charge in [0.15, 0.2) is 0 Å². The molecule has 0 heterocycles. The molecule has 2 amide bonds. The summed E-state index contributed by atoms with van der Waals surface area (Å²) in [6.07, 6.45) is 2.74. The summed E-state index contributed by atoms with van der Waals surface area (Å²) < 4.78 is 9.60. The molecule has 0 radical (unpaired) electrons. The predicted octanol–water partition coefficient (Wildman–Crippen LogP) is 2.41. The van der Waals surface area contributed by atoms with Gasteiger partial charge in [0, 0.05) is 25.6 Å². The topological polar surface area (TPSA) is 93.7 Å². The largest absolute Gasteiger partial charge is 0.459 e. The molecular formula is C18H32N2O5. The van der Waals surface area contributed by atoms with Crippen LogP contribution in [0.4, 0.5) is 4.79 Å². The normalized spacial score (nSPS) is 12.0. The number of esters is 1. The van der Waals surface area contributed by atoms with Gasteiger partial charge in [-0.25, -0.2) is 9.59 Å². The smallest absolute Gasteiger partial charge is 0.407 e. The maximum atomic E-state index is 11.5.